The van der Waals surface area contributed by atoms with Gasteiger partial charge in [-0.3, -0.25) is 9.36 Å². The molecule has 3 N–H and O–H groups in total. The third-order valence-electron chi connectivity index (χ3n) is 4.42. The lowest BCUT2D eigenvalue weighted by molar-refractivity contribution is 0.0956. The van der Waals surface area contributed by atoms with Crippen LogP contribution in [0.2, 0.25) is 5.02 Å². The van der Waals surface area contributed by atoms with E-state index in [-0.39, 0.29) is 22.3 Å². The average Bonchev–Trinajstić information content (AvgIpc) is 2.97. The molecule has 2 heterocycles. The third-order valence-corrected chi connectivity index (χ3v) is 4.71. The Bertz CT molecular complexity index is 1220. The molecule has 0 aliphatic heterocycles. The fraction of sp³-hybridized carbons (Fsp3) is 0.150. The van der Waals surface area contributed by atoms with Crippen LogP contribution in [0, 0.1) is 5.82 Å². The molecule has 0 saturated heterocycles. The van der Waals surface area contributed by atoms with Gasteiger partial charge in [0.15, 0.2) is 5.65 Å². The van der Waals surface area contributed by atoms with Crippen molar-refractivity contribution in [3.63, 3.8) is 0 Å². The van der Waals surface area contributed by atoms with Crippen LogP contribution in [0.1, 0.15) is 23.7 Å². The van der Waals surface area contributed by atoms with Gasteiger partial charge in [0, 0.05) is 6.54 Å². The molecule has 0 aliphatic carbocycles. The van der Waals surface area contributed by atoms with Crippen LogP contribution in [0.5, 0.6) is 0 Å². The Kier molecular flexibility index (Phi) is 4.60. The largest absolute Gasteiger partial charge is 0.384 e. The molecule has 2 aromatic heterocycles. The summed E-state index contributed by atoms with van der Waals surface area (Å²) >= 11 is 5.96. The fourth-order valence-corrected chi connectivity index (χ4v) is 3.27. The van der Waals surface area contributed by atoms with Crippen molar-refractivity contribution < 1.29 is 9.18 Å². The Balaban J connectivity index is 2.05. The van der Waals surface area contributed by atoms with Gasteiger partial charge in [-0.15, -0.1) is 0 Å². The van der Waals surface area contributed by atoms with E-state index in [1.54, 1.807) is 4.57 Å². The minimum Gasteiger partial charge on any atom is -0.384 e. The first kappa shape index (κ1) is 18.2. The van der Waals surface area contributed by atoms with Crippen molar-refractivity contribution in [1.29, 1.82) is 0 Å². The van der Waals surface area contributed by atoms with Gasteiger partial charge < -0.3 is 11.1 Å². The smallest absolute Gasteiger partial charge is 0.257 e. The molecule has 142 valence electrons. The van der Waals surface area contributed by atoms with Crippen molar-refractivity contribution in [3.05, 3.63) is 58.9 Å². The lowest BCUT2D eigenvalue weighted by Crippen LogP contribution is -2.25. The minimum absolute atomic E-state index is 0.0514. The van der Waals surface area contributed by atoms with Crippen LogP contribution < -0.4 is 11.1 Å². The number of amides is 1. The number of carbonyl (C=O) groups is 1. The predicted molar refractivity (Wildman–Crippen MR) is 108 cm³/mol. The van der Waals surface area contributed by atoms with Crippen LogP contribution in [0.15, 0.2) is 42.5 Å². The fourth-order valence-electron chi connectivity index (χ4n) is 3.10. The molecular weight excluding hydrogens is 381 g/mol. The number of aromatic nitrogens is 3. The lowest BCUT2D eigenvalue weighted by atomic mass is 10.2. The molecule has 0 aliphatic rings. The number of nitrogens with two attached hydrogens (primary N) is 1. The molecule has 1 amide bonds. The van der Waals surface area contributed by atoms with E-state index >= 15 is 0 Å². The number of nitrogen functional groups attached to an aromatic ring is 1. The Morgan fingerprint density at radius 2 is 1.93 bits per heavy atom. The number of rotatable bonds is 4. The van der Waals surface area contributed by atoms with Gasteiger partial charge in [-0.25, -0.2) is 14.4 Å². The van der Waals surface area contributed by atoms with Crippen molar-refractivity contribution in [1.82, 2.24) is 19.9 Å². The van der Waals surface area contributed by atoms with Gasteiger partial charge in [0.25, 0.3) is 5.91 Å². The van der Waals surface area contributed by atoms with E-state index < -0.39 is 5.82 Å². The maximum absolute atomic E-state index is 13.6. The Hall–Kier alpha value is -3.19. The first-order valence-corrected chi connectivity index (χ1v) is 9.19. The highest BCUT2D eigenvalue weighted by atomic mass is 35.5. The Labute approximate surface area is 165 Å². The number of nitrogens with one attached hydrogen (secondary N) is 1. The molecule has 4 aromatic rings. The van der Waals surface area contributed by atoms with Crippen molar-refractivity contribution in [2.24, 2.45) is 0 Å². The predicted octanol–water partition coefficient (Wildman–Crippen LogP) is 4.09. The van der Waals surface area contributed by atoms with E-state index in [0.717, 1.165) is 6.42 Å². The van der Waals surface area contributed by atoms with Gasteiger partial charge in [0.2, 0.25) is 0 Å². The number of carbonyl (C=O) groups excluding carboxylic acids is 1. The summed E-state index contributed by atoms with van der Waals surface area (Å²) in [4.78, 5) is 22.1. The number of nitrogens with zero attached hydrogens (tertiary/aromatic N) is 3. The lowest BCUT2D eigenvalue weighted by Gasteiger charge is -2.09. The van der Waals surface area contributed by atoms with Crippen LogP contribution in [0.4, 0.5) is 10.2 Å². The molecule has 0 unspecified atom stereocenters. The molecular formula is C20H17ClFN5O. The van der Waals surface area contributed by atoms with Gasteiger partial charge in [0.05, 0.1) is 21.7 Å². The number of fused-ring (bicyclic) bond motifs is 2. The molecule has 0 radical (unpaired) electrons. The highest BCUT2D eigenvalue weighted by Crippen LogP contribution is 2.32. The highest BCUT2D eigenvalue weighted by Gasteiger charge is 2.24. The number of hydrogen-bond acceptors (Lipinski definition) is 4. The molecule has 0 spiro atoms. The zero-order chi connectivity index (χ0) is 19.8. The third kappa shape index (κ3) is 2.93. The molecule has 8 heteroatoms. The number of halogens is 2. The van der Waals surface area contributed by atoms with Gasteiger partial charge in [-0.05, 0) is 36.8 Å². The van der Waals surface area contributed by atoms with Gasteiger partial charge in [0.1, 0.15) is 22.7 Å². The quantitative estimate of drug-likeness (QED) is 0.543. The Morgan fingerprint density at radius 3 is 2.61 bits per heavy atom. The first-order chi connectivity index (χ1) is 13.5. The maximum atomic E-state index is 13.6. The summed E-state index contributed by atoms with van der Waals surface area (Å²) in [5, 5.41) is 2.78. The second kappa shape index (κ2) is 7.09. The van der Waals surface area contributed by atoms with Crippen LogP contribution in [-0.2, 0) is 0 Å². The van der Waals surface area contributed by atoms with Crippen LogP contribution in [-0.4, -0.2) is 27.0 Å². The van der Waals surface area contributed by atoms with Crippen molar-refractivity contribution in [3.8, 4) is 5.69 Å². The summed E-state index contributed by atoms with van der Waals surface area (Å²) < 4.78 is 15.2. The zero-order valence-corrected chi connectivity index (χ0v) is 15.8. The van der Waals surface area contributed by atoms with Crippen molar-refractivity contribution in [2.75, 3.05) is 12.3 Å². The average molecular weight is 398 g/mol. The summed E-state index contributed by atoms with van der Waals surface area (Å²) in [7, 11) is 0. The number of hydrogen-bond donors (Lipinski definition) is 2. The Morgan fingerprint density at radius 1 is 1.21 bits per heavy atom. The standard InChI is InChI=1S/C20H17ClFN5O/c1-2-9-24-20(28)16-17-19(26-15-6-4-3-5-14(15)25-17)27(18(16)23)11-7-8-13(22)12(21)10-11/h3-8,10H,2,9,23H2,1H3,(H,24,28). The monoisotopic (exact) mass is 397 g/mol. The molecule has 0 bridgehead atoms. The maximum Gasteiger partial charge on any atom is 0.257 e. The normalized spacial score (nSPS) is 11.2. The topological polar surface area (TPSA) is 85.8 Å². The van der Waals surface area contributed by atoms with Crippen molar-refractivity contribution >= 4 is 45.5 Å². The molecule has 2 aromatic carbocycles. The molecule has 28 heavy (non-hydrogen) atoms. The summed E-state index contributed by atoms with van der Waals surface area (Å²) in [5.74, 6) is -0.708. The molecule has 6 nitrogen and oxygen atoms in total. The second-order valence-electron chi connectivity index (χ2n) is 6.33. The van der Waals surface area contributed by atoms with Crippen LogP contribution >= 0.6 is 11.6 Å². The van der Waals surface area contributed by atoms with Gasteiger partial charge in [-0.2, -0.15) is 0 Å². The molecule has 0 fully saturated rings. The van der Waals surface area contributed by atoms with E-state index in [9.17, 15) is 9.18 Å². The number of para-hydroxylation sites is 2. The van der Waals surface area contributed by atoms with Crippen LogP contribution in [0.3, 0.4) is 0 Å². The van der Waals surface area contributed by atoms with E-state index in [2.05, 4.69) is 15.3 Å². The summed E-state index contributed by atoms with van der Waals surface area (Å²) in [6, 6.07) is 11.6. The van der Waals surface area contributed by atoms with Gasteiger partial charge >= 0.3 is 0 Å². The second-order valence-corrected chi connectivity index (χ2v) is 6.74. The first-order valence-electron chi connectivity index (χ1n) is 8.81. The van der Waals surface area contributed by atoms with Gasteiger partial charge in [-0.1, -0.05) is 30.7 Å². The van der Waals surface area contributed by atoms with Crippen LogP contribution in [0.25, 0.3) is 27.9 Å². The molecule has 4 rings (SSSR count). The zero-order valence-electron chi connectivity index (χ0n) is 15.0. The molecule has 0 saturated carbocycles. The summed E-state index contributed by atoms with van der Waals surface area (Å²) in [6.07, 6.45) is 0.784. The van der Waals surface area contributed by atoms with Crippen molar-refractivity contribution in [2.45, 2.75) is 13.3 Å². The van der Waals surface area contributed by atoms with E-state index in [1.165, 1.54) is 18.2 Å². The van der Waals surface area contributed by atoms with E-state index in [4.69, 9.17) is 17.3 Å². The highest BCUT2D eigenvalue weighted by molar-refractivity contribution is 6.31. The van der Waals surface area contributed by atoms with E-state index in [1.807, 2.05) is 31.2 Å². The summed E-state index contributed by atoms with van der Waals surface area (Å²) in [6.45, 7) is 2.47. The number of benzene rings is 2. The molecule has 0 atom stereocenters. The number of anilines is 1. The minimum atomic E-state index is -0.544. The summed E-state index contributed by atoms with van der Waals surface area (Å²) in [5.41, 5.74) is 9.17. The van der Waals surface area contributed by atoms with E-state index in [0.29, 0.717) is 34.4 Å². The SMILES string of the molecule is CCCNC(=O)c1c(N)n(-c2ccc(F)c(Cl)c2)c2nc3ccccc3nc12.